The third-order valence-electron chi connectivity index (χ3n) is 4.05. The summed E-state index contributed by atoms with van der Waals surface area (Å²) in [6, 6.07) is 6.51. The summed E-state index contributed by atoms with van der Waals surface area (Å²) < 4.78 is 5.36. The summed E-state index contributed by atoms with van der Waals surface area (Å²) in [5, 5.41) is 0. The molecule has 0 amide bonds. The lowest BCUT2D eigenvalue weighted by Gasteiger charge is -2.31. The first-order valence-corrected chi connectivity index (χ1v) is 7.93. The molecule has 0 heterocycles. The van der Waals surface area contributed by atoms with Gasteiger partial charge in [0, 0.05) is 0 Å². The number of rotatable bonds is 6. The zero-order chi connectivity index (χ0) is 16.2. The summed E-state index contributed by atoms with van der Waals surface area (Å²) in [6.45, 7) is 15.3. The van der Waals surface area contributed by atoms with Gasteiger partial charge < -0.3 is 4.74 Å². The Balaban J connectivity index is 2.90. The van der Waals surface area contributed by atoms with Gasteiger partial charge >= 0.3 is 5.97 Å². The lowest BCUT2D eigenvalue weighted by atomic mass is 9.75. The van der Waals surface area contributed by atoms with Crippen LogP contribution in [0.15, 0.2) is 18.2 Å². The van der Waals surface area contributed by atoms with Gasteiger partial charge in [0.25, 0.3) is 0 Å². The Kier molecular flexibility index (Phi) is 6.00. The Morgan fingerprint density at radius 1 is 1.19 bits per heavy atom. The van der Waals surface area contributed by atoms with Crippen molar-refractivity contribution in [2.24, 2.45) is 5.92 Å². The zero-order valence-electron chi connectivity index (χ0n) is 14.6. The number of ether oxygens (including phenoxy) is 1. The Morgan fingerprint density at radius 3 is 2.33 bits per heavy atom. The van der Waals surface area contributed by atoms with Gasteiger partial charge in [0.2, 0.25) is 0 Å². The van der Waals surface area contributed by atoms with Crippen LogP contribution in [-0.2, 0) is 14.9 Å². The maximum absolute atomic E-state index is 11.6. The number of aryl methyl sites for hydroxylation is 1. The molecular formula is C19H30O2. The summed E-state index contributed by atoms with van der Waals surface area (Å²) in [5.74, 6) is 0.329. The van der Waals surface area contributed by atoms with Crippen molar-refractivity contribution in [1.29, 1.82) is 0 Å². The molecule has 0 N–H and O–H groups in total. The summed E-state index contributed by atoms with van der Waals surface area (Å²) in [4.78, 5) is 11.6. The Hall–Kier alpha value is -1.31. The van der Waals surface area contributed by atoms with E-state index in [2.05, 4.69) is 52.8 Å². The van der Waals surface area contributed by atoms with E-state index in [1.54, 1.807) is 0 Å². The molecule has 1 aromatic rings. The zero-order valence-corrected chi connectivity index (χ0v) is 14.6. The topological polar surface area (TPSA) is 26.3 Å². The summed E-state index contributed by atoms with van der Waals surface area (Å²) in [5.41, 5.74) is 4.12. The van der Waals surface area contributed by atoms with E-state index in [-0.39, 0.29) is 17.3 Å². The third kappa shape index (κ3) is 4.59. The van der Waals surface area contributed by atoms with E-state index in [1.807, 2.05) is 13.8 Å². The fourth-order valence-electron chi connectivity index (χ4n) is 2.79. The molecule has 0 bridgehead atoms. The molecule has 118 valence electrons. The fraction of sp³-hybridized carbons (Fsp3) is 0.632. The predicted molar refractivity (Wildman–Crippen MR) is 88.7 cm³/mol. The van der Waals surface area contributed by atoms with Crippen LogP contribution < -0.4 is 0 Å². The minimum absolute atomic E-state index is 0.00219. The van der Waals surface area contributed by atoms with Crippen molar-refractivity contribution in [2.45, 2.75) is 66.2 Å². The van der Waals surface area contributed by atoms with E-state index in [1.165, 1.54) is 16.7 Å². The predicted octanol–water partition coefficient (Wildman–Crippen LogP) is 4.99. The number of esters is 1. The molecule has 0 radical (unpaired) electrons. The molecule has 0 aromatic heterocycles. The molecule has 0 saturated carbocycles. The van der Waals surface area contributed by atoms with E-state index in [9.17, 15) is 4.79 Å². The highest BCUT2D eigenvalue weighted by Gasteiger charge is 2.26. The number of carbonyl (C=O) groups is 1. The first kappa shape index (κ1) is 17.7. The number of hydrogen-bond donors (Lipinski definition) is 0. The summed E-state index contributed by atoms with van der Waals surface area (Å²) in [7, 11) is 0. The van der Waals surface area contributed by atoms with Crippen molar-refractivity contribution < 1.29 is 9.53 Å². The fourth-order valence-corrected chi connectivity index (χ4v) is 2.79. The van der Waals surface area contributed by atoms with E-state index < -0.39 is 0 Å². The van der Waals surface area contributed by atoms with E-state index in [0.29, 0.717) is 12.5 Å². The molecular weight excluding hydrogens is 260 g/mol. The largest absolute Gasteiger partial charge is 0.465 e. The van der Waals surface area contributed by atoms with Crippen molar-refractivity contribution in [3.05, 3.63) is 34.9 Å². The van der Waals surface area contributed by atoms with Gasteiger partial charge in [0.1, 0.15) is 0 Å². The van der Waals surface area contributed by atoms with Crippen LogP contribution in [0.2, 0.25) is 0 Å². The van der Waals surface area contributed by atoms with Gasteiger partial charge in [-0.15, -0.1) is 0 Å². The molecule has 0 unspecified atom stereocenters. The van der Waals surface area contributed by atoms with Crippen LogP contribution in [0.25, 0.3) is 0 Å². The van der Waals surface area contributed by atoms with E-state index in [0.717, 1.165) is 6.42 Å². The van der Waals surface area contributed by atoms with Crippen LogP contribution in [0.5, 0.6) is 0 Å². The van der Waals surface area contributed by atoms with Crippen LogP contribution in [-0.4, -0.2) is 12.6 Å². The van der Waals surface area contributed by atoms with Gasteiger partial charge in [-0.3, -0.25) is 4.79 Å². The normalized spacial score (nSPS) is 12.0. The van der Waals surface area contributed by atoms with Gasteiger partial charge in [-0.05, 0) is 41.4 Å². The number of hydrogen-bond acceptors (Lipinski definition) is 2. The van der Waals surface area contributed by atoms with Gasteiger partial charge in [0.15, 0.2) is 0 Å². The van der Waals surface area contributed by atoms with Crippen molar-refractivity contribution in [3.63, 3.8) is 0 Å². The first-order chi connectivity index (χ1) is 9.66. The molecule has 0 atom stereocenters. The van der Waals surface area contributed by atoms with Crippen LogP contribution in [0, 0.1) is 12.8 Å². The first-order valence-electron chi connectivity index (χ1n) is 7.93. The summed E-state index contributed by atoms with van der Waals surface area (Å²) in [6.07, 6.45) is 0.843. The van der Waals surface area contributed by atoms with Crippen LogP contribution in [0.3, 0.4) is 0 Å². The lowest BCUT2D eigenvalue weighted by Crippen LogP contribution is -2.25. The van der Waals surface area contributed by atoms with Crippen molar-refractivity contribution in [1.82, 2.24) is 0 Å². The highest BCUT2D eigenvalue weighted by molar-refractivity contribution is 5.71. The smallest absolute Gasteiger partial charge is 0.308 e. The van der Waals surface area contributed by atoms with Crippen molar-refractivity contribution in [3.8, 4) is 0 Å². The van der Waals surface area contributed by atoms with Crippen LogP contribution >= 0.6 is 0 Å². The standard InChI is InChI=1S/C19H30O2/c1-13(2)16-10-8-9-15(5)17(16)19(6,7)11-12-21-18(20)14(3)4/h8-10,13-14H,11-12H2,1-7H3. The molecule has 2 heteroatoms. The Morgan fingerprint density at radius 2 is 1.81 bits per heavy atom. The lowest BCUT2D eigenvalue weighted by molar-refractivity contribution is -0.147. The average molecular weight is 290 g/mol. The van der Waals surface area contributed by atoms with Crippen molar-refractivity contribution >= 4 is 5.97 Å². The van der Waals surface area contributed by atoms with Gasteiger partial charge in [0.05, 0.1) is 12.5 Å². The minimum atomic E-state index is -0.111. The van der Waals surface area contributed by atoms with Crippen molar-refractivity contribution in [2.75, 3.05) is 6.61 Å². The monoisotopic (exact) mass is 290 g/mol. The molecule has 0 aliphatic rings. The quantitative estimate of drug-likeness (QED) is 0.690. The molecule has 0 spiro atoms. The highest BCUT2D eigenvalue weighted by atomic mass is 16.5. The van der Waals surface area contributed by atoms with Gasteiger partial charge in [-0.1, -0.05) is 59.7 Å². The third-order valence-corrected chi connectivity index (χ3v) is 4.05. The Bertz CT molecular complexity index is 484. The van der Waals surface area contributed by atoms with Crippen LogP contribution in [0.1, 0.15) is 70.6 Å². The molecule has 0 aliphatic carbocycles. The SMILES string of the molecule is Cc1cccc(C(C)C)c1C(C)(C)CCOC(=O)C(C)C. The maximum atomic E-state index is 11.6. The second kappa shape index (κ2) is 7.11. The molecule has 1 aromatic carbocycles. The molecule has 2 nitrogen and oxygen atoms in total. The van der Waals surface area contributed by atoms with Gasteiger partial charge in [-0.25, -0.2) is 0 Å². The second-order valence-electron chi connectivity index (χ2n) is 7.15. The van der Waals surface area contributed by atoms with E-state index in [4.69, 9.17) is 4.74 Å². The second-order valence-corrected chi connectivity index (χ2v) is 7.15. The number of benzene rings is 1. The highest BCUT2D eigenvalue weighted by Crippen LogP contribution is 2.35. The number of carbonyl (C=O) groups excluding carboxylic acids is 1. The summed E-state index contributed by atoms with van der Waals surface area (Å²) >= 11 is 0. The molecule has 0 saturated heterocycles. The minimum Gasteiger partial charge on any atom is -0.465 e. The molecule has 0 aliphatic heterocycles. The molecule has 1 rings (SSSR count). The molecule has 21 heavy (non-hydrogen) atoms. The van der Waals surface area contributed by atoms with Gasteiger partial charge in [-0.2, -0.15) is 0 Å². The average Bonchev–Trinajstić information content (AvgIpc) is 2.37. The maximum Gasteiger partial charge on any atom is 0.308 e. The molecule has 0 fully saturated rings. The Labute approximate surface area is 129 Å². The van der Waals surface area contributed by atoms with E-state index >= 15 is 0 Å². The van der Waals surface area contributed by atoms with Crippen LogP contribution in [0.4, 0.5) is 0 Å².